The molecule has 0 N–H and O–H groups in total. The van der Waals surface area contributed by atoms with Crippen molar-refractivity contribution in [2.24, 2.45) is 5.92 Å². The van der Waals surface area contributed by atoms with Crippen LogP contribution in [0.1, 0.15) is 18.4 Å². The normalized spacial score (nSPS) is 18.8. The SMILES string of the molecule is O=S(=O)(Cc1ccccc1)N1CCCC(COc2ccc(F)cc2)C1. The van der Waals surface area contributed by atoms with E-state index in [2.05, 4.69) is 0 Å². The molecule has 2 aromatic carbocycles. The molecule has 0 bridgehead atoms. The van der Waals surface area contributed by atoms with Crippen LogP contribution in [0.5, 0.6) is 5.75 Å². The molecule has 0 spiro atoms. The van der Waals surface area contributed by atoms with Gasteiger partial charge < -0.3 is 4.74 Å². The Labute approximate surface area is 148 Å². The molecule has 0 amide bonds. The zero-order valence-electron chi connectivity index (χ0n) is 14.0. The zero-order chi connectivity index (χ0) is 17.7. The fourth-order valence-electron chi connectivity index (χ4n) is 3.04. The maximum atomic E-state index is 12.9. The van der Waals surface area contributed by atoms with Crippen molar-refractivity contribution in [3.8, 4) is 5.75 Å². The Morgan fingerprint density at radius 1 is 1.08 bits per heavy atom. The van der Waals surface area contributed by atoms with Crippen LogP contribution >= 0.6 is 0 Å². The number of halogens is 1. The second-order valence-electron chi connectivity index (χ2n) is 6.37. The topological polar surface area (TPSA) is 46.6 Å². The van der Waals surface area contributed by atoms with Crippen molar-refractivity contribution in [2.75, 3.05) is 19.7 Å². The summed E-state index contributed by atoms with van der Waals surface area (Å²) in [4.78, 5) is 0. The van der Waals surface area contributed by atoms with Crippen LogP contribution in [0.15, 0.2) is 54.6 Å². The molecule has 134 valence electrons. The molecule has 1 saturated heterocycles. The van der Waals surface area contributed by atoms with Gasteiger partial charge in [0.2, 0.25) is 10.0 Å². The molecule has 3 rings (SSSR count). The van der Waals surface area contributed by atoms with Gasteiger partial charge in [0.25, 0.3) is 0 Å². The first kappa shape index (κ1) is 17.9. The number of sulfonamides is 1. The summed E-state index contributed by atoms with van der Waals surface area (Å²) in [6, 6.07) is 15.1. The van der Waals surface area contributed by atoms with Crippen molar-refractivity contribution < 1.29 is 17.5 Å². The number of piperidine rings is 1. The smallest absolute Gasteiger partial charge is 0.218 e. The summed E-state index contributed by atoms with van der Waals surface area (Å²) in [5.41, 5.74) is 0.798. The monoisotopic (exact) mass is 363 g/mol. The van der Waals surface area contributed by atoms with Crippen LogP contribution in [0.2, 0.25) is 0 Å². The highest BCUT2D eigenvalue weighted by atomic mass is 32.2. The van der Waals surface area contributed by atoms with E-state index in [1.165, 1.54) is 12.1 Å². The molecule has 6 heteroatoms. The standard InChI is InChI=1S/C19H22FNO3S/c20-18-8-10-19(11-9-18)24-14-17-7-4-12-21(13-17)25(22,23)15-16-5-2-1-3-6-16/h1-3,5-6,8-11,17H,4,7,12-15H2. The van der Waals surface area contributed by atoms with Crippen molar-refractivity contribution in [2.45, 2.75) is 18.6 Å². The number of hydrogen-bond acceptors (Lipinski definition) is 3. The summed E-state index contributed by atoms with van der Waals surface area (Å²) in [6.07, 6.45) is 1.75. The highest BCUT2D eigenvalue weighted by Crippen LogP contribution is 2.22. The van der Waals surface area contributed by atoms with Gasteiger partial charge in [0, 0.05) is 19.0 Å². The van der Waals surface area contributed by atoms with Crippen LogP contribution < -0.4 is 4.74 Å². The number of benzene rings is 2. The van der Waals surface area contributed by atoms with E-state index in [0.29, 0.717) is 25.4 Å². The van der Waals surface area contributed by atoms with E-state index in [1.807, 2.05) is 30.3 Å². The molecule has 1 unspecified atom stereocenters. The average Bonchev–Trinajstić information content (AvgIpc) is 2.62. The van der Waals surface area contributed by atoms with E-state index in [-0.39, 0.29) is 17.5 Å². The Hall–Kier alpha value is -1.92. The van der Waals surface area contributed by atoms with Gasteiger partial charge in [-0.05, 0) is 42.7 Å². The number of hydrogen-bond donors (Lipinski definition) is 0. The van der Waals surface area contributed by atoms with Crippen molar-refractivity contribution >= 4 is 10.0 Å². The second kappa shape index (κ2) is 7.97. The highest BCUT2D eigenvalue weighted by molar-refractivity contribution is 7.88. The first-order chi connectivity index (χ1) is 12.0. The predicted octanol–water partition coefficient (Wildman–Crippen LogP) is 3.45. The van der Waals surface area contributed by atoms with E-state index in [9.17, 15) is 12.8 Å². The summed E-state index contributed by atoms with van der Waals surface area (Å²) in [6.45, 7) is 1.46. The van der Waals surface area contributed by atoms with Gasteiger partial charge in [-0.1, -0.05) is 30.3 Å². The quantitative estimate of drug-likeness (QED) is 0.790. The molecule has 1 atom stereocenters. The van der Waals surface area contributed by atoms with Gasteiger partial charge in [-0.2, -0.15) is 0 Å². The largest absolute Gasteiger partial charge is 0.493 e. The second-order valence-corrected chi connectivity index (χ2v) is 8.34. The Kier molecular flexibility index (Phi) is 5.71. The molecule has 1 aliphatic heterocycles. The predicted molar refractivity (Wildman–Crippen MR) is 95.3 cm³/mol. The molecule has 0 saturated carbocycles. The van der Waals surface area contributed by atoms with Gasteiger partial charge in [-0.25, -0.2) is 17.1 Å². The van der Waals surface area contributed by atoms with Gasteiger partial charge in [0.1, 0.15) is 11.6 Å². The fraction of sp³-hybridized carbons (Fsp3) is 0.368. The third kappa shape index (κ3) is 5.03. The summed E-state index contributed by atoms with van der Waals surface area (Å²) < 4.78 is 45.5. The lowest BCUT2D eigenvalue weighted by molar-refractivity contribution is 0.180. The first-order valence-electron chi connectivity index (χ1n) is 8.43. The molecular weight excluding hydrogens is 341 g/mol. The summed E-state index contributed by atoms with van der Waals surface area (Å²) in [5.74, 6) is 0.470. The average molecular weight is 363 g/mol. The molecule has 0 radical (unpaired) electrons. The summed E-state index contributed by atoms with van der Waals surface area (Å²) >= 11 is 0. The minimum Gasteiger partial charge on any atom is -0.493 e. The van der Waals surface area contributed by atoms with E-state index in [1.54, 1.807) is 16.4 Å². The lowest BCUT2D eigenvalue weighted by atomic mass is 10.0. The molecular formula is C19H22FNO3S. The van der Waals surface area contributed by atoms with E-state index < -0.39 is 10.0 Å². The van der Waals surface area contributed by atoms with Crippen molar-refractivity contribution in [1.82, 2.24) is 4.31 Å². The molecule has 2 aromatic rings. The lowest BCUT2D eigenvalue weighted by Crippen LogP contribution is -2.42. The van der Waals surface area contributed by atoms with Gasteiger partial charge in [-0.15, -0.1) is 0 Å². The van der Waals surface area contributed by atoms with Crippen LogP contribution in [0.3, 0.4) is 0 Å². The molecule has 4 nitrogen and oxygen atoms in total. The Morgan fingerprint density at radius 2 is 1.80 bits per heavy atom. The Balaban J connectivity index is 1.57. The third-order valence-electron chi connectivity index (χ3n) is 4.37. The van der Waals surface area contributed by atoms with Crippen LogP contribution in [0, 0.1) is 11.7 Å². The maximum Gasteiger partial charge on any atom is 0.218 e. The molecule has 1 aliphatic rings. The van der Waals surface area contributed by atoms with Gasteiger partial charge in [-0.3, -0.25) is 0 Å². The van der Waals surface area contributed by atoms with Crippen molar-refractivity contribution in [3.63, 3.8) is 0 Å². The van der Waals surface area contributed by atoms with Crippen LogP contribution in [0.4, 0.5) is 4.39 Å². The fourth-order valence-corrected chi connectivity index (χ4v) is 4.68. The zero-order valence-corrected chi connectivity index (χ0v) is 14.8. The van der Waals surface area contributed by atoms with Crippen LogP contribution in [-0.4, -0.2) is 32.4 Å². The number of ether oxygens (including phenoxy) is 1. The van der Waals surface area contributed by atoms with Gasteiger partial charge in [0.05, 0.1) is 12.4 Å². The van der Waals surface area contributed by atoms with Crippen LogP contribution in [-0.2, 0) is 15.8 Å². The maximum absolute atomic E-state index is 12.9. The van der Waals surface area contributed by atoms with Gasteiger partial charge in [0.15, 0.2) is 0 Å². The third-order valence-corrected chi connectivity index (χ3v) is 6.18. The molecule has 1 heterocycles. The summed E-state index contributed by atoms with van der Waals surface area (Å²) in [5, 5.41) is 0. The summed E-state index contributed by atoms with van der Waals surface area (Å²) in [7, 11) is -3.33. The van der Waals surface area contributed by atoms with Gasteiger partial charge >= 0.3 is 0 Å². The molecule has 25 heavy (non-hydrogen) atoms. The lowest BCUT2D eigenvalue weighted by Gasteiger charge is -2.31. The first-order valence-corrected chi connectivity index (χ1v) is 10.0. The van der Waals surface area contributed by atoms with Crippen LogP contribution in [0.25, 0.3) is 0 Å². The highest BCUT2D eigenvalue weighted by Gasteiger charge is 2.29. The minimum atomic E-state index is -3.33. The molecule has 0 aliphatic carbocycles. The van der Waals surface area contributed by atoms with E-state index in [0.717, 1.165) is 18.4 Å². The van der Waals surface area contributed by atoms with Crippen molar-refractivity contribution in [3.05, 3.63) is 66.0 Å². The minimum absolute atomic E-state index is 0.0272. The van der Waals surface area contributed by atoms with E-state index in [4.69, 9.17) is 4.74 Å². The Morgan fingerprint density at radius 3 is 2.52 bits per heavy atom. The molecule has 1 fully saturated rings. The number of rotatable bonds is 6. The van der Waals surface area contributed by atoms with E-state index >= 15 is 0 Å². The van der Waals surface area contributed by atoms with Crippen molar-refractivity contribution in [1.29, 1.82) is 0 Å². The number of nitrogens with zero attached hydrogens (tertiary/aromatic N) is 1. The Bertz CT molecular complexity index is 778. The molecule has 0 aromatic heterocycles.